The van der Waals surface area contributed by atoms with Gasteiger partial charge in [-0.2, -0.15) is 0 Å². The minimum atomic E-state index is -0.936. The van der Waals surface area contributed by atoms with Crippen LogP contribution in [-0.4, -0.2) is 57.4 Å². The minimum Gasteiger partial charge on any atom is -0.338 e. The molecule has 5 heteroatoms. The predicted octanol–water partition coefficient (Wildman–Crippen LogP) is 2.27. The highest BCUT2D eigenvalue weighted by Gasteiger charge is 2.38. The highest BCUT2D eigenvalue weighted by Crippen LogP contribution is 2.30. The van der Waals surface area contributed by atoms with Crippen LogP contribution in [0.5, 0.6) is 0 Å². The number of hydrogen-bond donors (Lipinski definition) is 0. The van der Waals surface area contributed by atoms with E-state index >= 15 is 0 Å². The van der Waals surface area contributed by atoms with Crippen molar-refractivity contribution < 1.29 is 9.00 Å². The summed E-state index contributed by atoms with van der Waals surface area (Å²) < 4.78 is 12.4. The second-order valence-corrected chi connectivity index (χ2v) is 8.10. The lowest BCUT2D eigenvalue weighted by atomic mass is 10.0. The summed E-state index contributed by atoms with van der Waals surface area (Å²) >= 11 is 0. The topological polar surface area (TPSA) is 40.6 Å². The predicted molar refractivity (Wildman–Crippen MR) is 92.7 cm³/mol. The summed E-state index contributed by atoms with van der Waals surface area (Å²) in [6, 6.07) is 10.5. The number of carbonyl (C=O) groups excluding carboxylic acids is 1. The molecule has 2 aliphatic heterocycles. The van der Waals surface area contributed by atoms with Gasteiger partial charge in [-0.25, -0.2) is 0 Å². The molecule has 4 nitrogen and oxygen atoms in total. The second kappa shape index (κ2) is 7.58. The Balaban J connectivity index is 1.59. The molecule has 1 aromatic carbocycles. The van der Waals surface area contributed by atoms with E-state index in [4.69, 9.17) is 0 Å². The number of nitrogens with zero attached hydrogens (tertiary/aromatic N) is 2. The zero-order valence-electron chi connectivity index (χ0n) is 13.8. The molecule has 126 valence electrons. The Morgan fingerprint density at radius 3 is 2.57 bits per heavy atom. The Morgan fingerprint density at radius 1 is 1.13 bits per heavy atom. The molecule has 2 fully saturated rings. The molecule has 3 rings (SSSR count). The Kier molecular flexibility index (Phi) is 5.49. The zero-order chi connectivity index (χ0) is 16.2. The van der Waals surface area contributed by atoms with Crippen LogP contribution in [0.1, 0.15) is 32.6 Å². The average Bonchev–Trinajstić information content (AvgIpc) is 3.21. The highest BCUT2D eigenvalue weighted by atomic mass is 32.2. The van der Waals surface area contributed by atoms with Gasteiger partial charge in [0.25, 0.3) is 0 Å². The summed E-state index contributed by atoms with van der Waals surface area (Å²) in [5.41, 5.74) is 0. The van der Waals surface area contributed by atoms with E-state index in [0.717, 1.165) is 43.8 Å². The van der Waals surface area contributed by atoms with E-state index in [1.165, 1.54) is 6.42 Å². The van der Waals surface area contributed by atoms with Crippen LogP contribution in [0.4, 0.5) is 0 Å². The van der Waals surface area contributed by atoms with Gasteiger partial charge >= 0.3 is 0 Å². The van der Waals surface area contributed by atoms with E-state index in [9.17, 15) is 9.00 Å². The van der Waals surface area contributed by atoms with Crippen LogP contribution in [0.2, 0.25) is 0 Å². The van der Waals surface area contributed by atoms with Crippen LogP contribution >= 0.6 is 0 Å². The molecule has 3 atom stereocenters. The Hall–Kier alpha value is -1.20. The Morgan fingerprint density at radius 2 is 1.83 bits per heavy atom. The van der Waals surface area contributed by atoms with Gasteiger partial charge in [-0.05, 0) is 44.4 Å². The maximum atomic E-state index is 12.4. The van der Waals surface area contributed by atoms with Crippen LogP contribution in [0.3, 0.4) is 0 Å². The third-order valence-corrected chi connectivity index (χ3v) is 6.48. The first-order valence-corrected chi connectivity index (χ1v) is 9.93. The normalized spacial score (nSPS) is 26.6. The molecule has 0 aliphatic carbocycles. The lowest BCUT2D eigenvalue weighted by molar-refractivity contribution is -0.130. The molecular formula is C18H26N2O2S. The van der Waals surface area contributed by atoms with Crippen molar-refractivity contribution in [3.63, 3.8) is 0 Å². The summed E-state index contributed by atoms with van der Waals surface area (Å²) in [4.78, 5) is 17.3. The van der Waals surface area contributed by atoms with E-state index in [1.54, 1.807) is 6.92 Å². The van der Waals surface area contributed by atoms with Crippen molar-refractivity contribution in [2.45, 2.75) is 49.6 Å². The third kappa shape index (κ3) is 3.83. The highest BCUT2D eigenvalue weighted by molar-refractivity contribution is 7.85. The van der Waals surface area contributed by atoms with Gasteiger partial charge in [0.15, 0.2) is 0 Å². The first kappa shape index (κ1) is 16.7. The van der Waals surface area contributed by atoms with Gasteiger partial charge in [-0.1, -0.05) is 18.2 Å². The zero-order valence-corrected chi connectivity index (χ0v) is 14.6. The third-order valence-electron chi connectivity index (χ3n) is 5.13. The van der Waals surface area contributed by atoms with Gasteiger partial charge in [0.1, 0.15) is 0 Å². The summed E-state index contributed by atoms with van der Waals surface area (Å²) in [7, 11) is -0.936. The van der Waals surface area contributed by atoms with Gasteiger partial charge in [-0.3, -0.25) is 13.9 Å². The molecule has 0 bridgehead atoms. The van der Waals surface area contributed by atoms with Gasteiger partial charge in [0.2, 0.25) is 5.91 Å². The van der Waals surface area contributed by atoms with E-state index in [-0.39, 0.29) is 5.91 Å². The SMILES string of the molecule is CC(=O)N1CCC[C@@H]1[C@H]1CCCN1CC[S@@](=O)c1ccccc1. The van der Waals surface area contributed by atoms with Gasteiger partial charge in [-0.15, -0.1) is 0 Å². The average molecular weight is 334 g/mol. The lowest BCUT2D eigenvalue weighted by Gasteiger charge is -2.34. The van der Waals surface area contributed by atoms with Crippen molar-refractivity contribution in [3.8, 4) is 0 Å². The number of hydrogen-bond acceptors (Lipinski definition) is 3. The number of rotatable bonds is 5. The van der Waals surface area contributed by atoms with Gasteiger partial charge < -0.3 is 4.90 Å². The summed E-state index contributed by atoms with van der Waals surface area (Å²) in [6.07, 6.45) is 4.57. The van der Waals surface area contributed by atoms with Crippen LogP contribution in [-0.2, 0) is 15.6 Å². The molecule has 2 saturated heterocycles. The van der Waals surface area contributed by atoms with E-state index in [0.29, 0.717) is 17.8 Å². The molecule has 2 aliphatic rings. The van der Waals surface area contributed by atoms with Crippen molar-refractivity contribution in [2.75, 3.05) is 25.4 Å². The van der Waals surface area contributed by atoms with Crippen molar-refractivity contribution in [1.29, 1.82) is 0 Å². The fraction of sp³-hybridized carbons (Fsp3) is 0.611. The second-order valence-electron chi connectivity index (χ2n) is 6.53. The van der Waals surface area contributed by atoms with Gasteiger partial charge in [0.05, 0.1) is 10.8 Å². The van der Waals surface area contributed by atoms with Crippen molar-refractivity contribution in [1.82, 2.24) is 9.80 Å². The molecule has 0 N–H and O–H groups in total. The van der Waals surface area contributed by atoms with E-state index < -0.39 is 10.8 Å². The maximum Gasteiger partial charge on any atom is 0.219 e. The lowest BCUT2D eigenvalue weighted by Crippen LogP contribution is -2.48. The van der Waals surface area contributed by atoms with Crippen molar-refractivity contribution in [2.24, 2.45) is 0 Å². The molecule has 1 amide bonds. The molecule has 0 saturated carbocycles. The van der Waals surface area contributed by atoms with Crippen molar-refractivity contribution >= 4 is 16.7 Å². The largest absolute Gasteiger partial charge is 0.338 e. The summed E-state index contributed by atoms with van der Waals surface area (Å²) in [5, 5.41) is 0. The first-order valence-electron chi connectivity index (χ1n) is 8.61. The van der Waals surface area contributed by atoms with Crippen molar-refractivity contribution in [3.05, 3.63) is 30.3 Å². The fourth-order valence-electron chi connectivity index (χ4n) is 4.04. The van der Waals surface area contributed by atoms with Crippen LogP contribution < -0.4 is 0 Å². The minimum absolute atomic E-state index is 0.201. The molecule has 0 radical (unpaired) electrons. The number of benzene rings is 1. The smallest absolute Gasteiger partial charge is 0.219 e. The molecular weight excluding hydrogens is 308 g/mol. The standard InChI is InChI=1S/C18H26N2O2S/c1-15(21)20-12-6-10-18(20)17-9-5-11-19(17)13-14-23(22)16-7-3-2-4-8-16/h2-4,7-8,17-18H,5-6,9-14H2,1H3/t17-,18-,23-/m1/s1. The van der Waals surface area contributed by atoms with Crippen LogP contribution in [0, 0.1) is 0 Å². The van der Waals surface area contributed by atoms with Gasteiger partial charge in [0, 0.05) is 42.7 Å². The maximum absolute atomic E-state index is 12.4. The molecule has 0 unspecified atom stereocenters. The quantitative estimate of drug-likeness (QED) is 0.829. The molecule has 2 heterocycles. The molecule has 23 heavy (non-hydrogen) atoms. The summed E-state index contributed by atoms with van der Waals surface area (Å²) in [5.74, 6) is 0.875. The fourth-order valence-corrected chi connectivity index (χ4v) is 5.14. The van der Waals surface area contributed by atoms with Crippen LogP contribution in [0.15, 0.2) is 35.2 Å². The summed E-state index contributed by atoms with van der Waals surface area (Å²) in [6.45, 7) is 4.51. The molecule has 0 spiro atoms. The Labute approximate surface area is 141 Å². The number of carbonyl (C=O) groups is 1. The monoisotopic (exact) mass is 334 g/mol. The number of likely N-dealkylation sites (tertiary alicyclic amines) is 2. The molecule has 0 aromatic heterocycles. The van der Waals surface area contributed by atoms with E-state index in [2.05, 4.69) is 9.80 Å². The Bertz CT molecular complexity index is 563. The first-order chi connectivity index (χ1) is 11.2. The van der Waals surface area contributed by atoms with E-state index in [1.807, 2.05) is 30.3 Å². The van der Waals surface area contributed by atoms with Crippen LogP contribution in [0.25, 0.3) is 0 Å². The molecule has 1 aromatic rings. The number of amides is 1.